The summed E-state index contributed by atoms with van der Waals surface area (Å²) >= 11 is 0. The Morgan fingerprint density at radius 1 is 1.60 bits per heavy atom. The molecular formula is C10H12N2O3. The molecule has 0 amide bonds. The molecule has 1 aromatic heterocycles. The highest BCUT2D eigenvalue weighted by Crippen LogP contribution is 2.39. The van der Waals surface area contributed by atoms with E-state index in [2.05, 4.69) is 14.7 Å². The van der Waals surface area contributed by atoms with E-state index in [-0.39, 0.29) is 5.82 Å². The van der Waals surface area contributed by atoms with Crippen LogP contribution in [0.3, 0.4) is 0 Å². The maximum Gasteiger partial charge on any atom is 0.376 e. The van der Waals surface area contributed by atoms with E-state index >= 15 is 0 Å². The Morgan fingerprint density at radius 3 is 2.87 bits per heavy atom. The third-order valence-electron chi connectivity index (χ3n) is 2.68. The van der Waals surface area contributed by atoms with Crippen molar-refractivity contribution in [3.63, 3.8) is 0 Å². The predicted octanol–water partition coefficient (Wildman–Crippen LogP) is 0.635. The first-order valence-corrected chi connectivity index (χ1v) is 4.80. The van der Waals surface area contributed by atoms with Crippen molar-refractivity contribution in [2.45, 2.75) is 24.9 Å². The summed E-state index contributed by atoms with van der Waals surface area (Å²) in [4.78, 5) is 19.0. The van der Waals surface area contributed by atoms with Gasteiger partial charge in [-0.3, -0.25) is 0 Å². The summed E-state index contributed by atoms with van der Waals surface area (Å²) in [7, 11) is 1.27. The molecular weight excluding hydrogens is 196 g/mol. The van der Waals surface area contributed by atoms with Crippen LogP contribution in [0.25, 0.3) is 0 Å². The minimum Gasteiger partial charge on any atom is -0.463 e. The first kappa shape index (κ1) is 10.0. The van der Waals surface area contributed by atoms with Gasteiger partial charge >= 0.3 is 5.97 Å². The van der Waals surface area contributed by atoms with Gasteiger partial charge in [0.25, 0.3) is 0 Å². The molecule has 1 aromatic rings. The van der Waals surface area contributed by atoms with E-state index in [0.29, 0.717) is 18.5 Å². The molecule has 80 valence electrons. The van der Waals surface area contributed by atoms with E-state index in [9.17, 15) is 9.90 Å². The quantitative estimate of drug-likeness (QED) is 0.722. The number of carbonyl (C=O) groups excluding carboxylic acids is 1. The largest absolute Gasteiger partial charge is 0.463 e. The molecule has 1 heterocycles. The standard InChI is InChI=1S/C10H12N2O3/c1-15-9(13)8-11-6-3-7(12-8)10(14)4-2-5-10/h3,6,14H,2,4-5H2,1H3. The maximum absolute atomic E-state index is 11.2. The zero-order valence-corrected chi connectivity index (χ0v) is 8.43. The summed E-state index contributed by atoms with van der Waals surface area (Å²) in [5, 5.41) is 10.0. The first-order chi connectivity index (χ1) is 7.15. The van der Waals surface area contributed by atoms with Gasteiger partial charge in [0.2, 0.25) is 5.82 Å². The Morgan fingerprint density at radius 2 is 2.33 bits per heavy atom. The van der Waals surface area contributed by atoms with Crippen LogP contribution in [-0.2, 0) is 10.3 Å². The number of rotatable bonds is 2. The Kier molecular flexibility index (Phi) is 2.40. The van der Waals surface area contributed by atoms with E-state index in [1.54, 1.807) is 6.07 Å². The number of aliphatic hydroxyl groups is 1. The molecule has 1 fully saturated rings. The van der Waals surface area contributed by atoms with Crippen LogP contribution in [0, 0.1) is 0 Å². The lowest BCUT2D eigenvalue weighted by Crippen LogP contribution is -2.35. The van der Waals surface area contributed by atoms with Crippen LogP contribution >= 0.6 is 0 Å². The van der Waals surface area contributed by atoms with Gasteiger partial charge in [-0.1, -0.05) is 0 Å². The minimum atomic E-state index is -0.869. The summed E-state index contributed by atoms with van der Waals surface area (Å²) in [5.74, 6) is -0.588. The molecule has 1 aliphatic carbocycles. The second-order valence-corrected chi connectivity index (χ2v) is 3.64. The second kappa shape index (κ2) is 3.58. The summed E-state index contributed by atoms with van der Waals surface area (Å²) in [6.45, 7) is 0. The molecule has 0 aliphatic heterocycles. The van der Waals surface area contributed by atoms with E-state index in [1.807, 2.05) is 0 Å². The van der Waals surface area contributed by atoms with Crippen molar-refractivity contribution in [1.82, 2.24) is 9.97 Å². The molecule has 1 aliphatic rings. The number of carbonyl (C=O) groups is 1. The van der Waals surface area contributed by atoms with Gasteiger partial charge in [-0.25, -0.2) is 14.8 Å². The molecule has 5 nitrogen and oxygen atoms in total. The molecule has 1 N–H and O–H groups in total. The fraction of sp³-hybridized carbons (Fsp3) is 0.500. The molecule has 5 heteroatoms. The van der Waals surface area contributed by atoms with Crippen LogP contribution < -0.4 is 0 Å². The Labute approximate surface area is 87.1 Å². The van der Waals surface area contributed by atoms with Crippen LogP contribution in [-0.4, -0.2) is 28.2 Å². The van der Waals surface area contributed by atoms with Gasteiger partial charge in [-0.05, 0) is 25.3 Å². The van der Waals surface area contributed by atoms with Gasteiger partial charge in [-0.2, -0.15) is 0 Å². The predicted molar refractivity (Wildman–Crippen MR) is 51.1 cm³/mol. The van der Waals surface area contributed by atoms with E-state index in [0.717, 1.165) is 6.42 Å². The lowest BCUT2D eigenvalue weighted by Gasteiger charge is -2.35. The second-order valence-electron chi connectivity index (χ2n) is 3.64. The number of methoxy groups -OCH3 is 1. The molecule has 2 rings (SSSR count). The topological polar surface area (TPSA) is 72.3 Å². The van der Waals surface area contributed by atoms with E-state index < -0.39 is 11.6 Å². The normalized spacial score (nSPS) is 18.0. The van der Waals surface area contributed by atoms with Crippen molar-refractivity contribution in [3.8, 4) is 0 Å². The van der Waals surface area contributed by atoms with E-state index in [4.69, 9.17) is 0 Å². The van der Waals surface area contributed by atoms with Crippen molar-refractivity contribution in [2.75, 3.05) is 7.11 Å². The monoisotopic (exact) mass is 208 g/mol. The highest BCUT2D eigenvalue weighted by Gasteiger charge is 2.38. The lowest BCUT2D eigenvalue weighted by molar-refractivity contribution is -0.0429. The van der Waals surface area contributed by atoms with Gasteiger partial charge in [0.1, 0.15) is 5.60 Å². The molecule has 0 bridgehead atoms. The Bertz CT molecular complexity index is 388. The highest BCUT2D eigenvalue weighted by atomic mass is 16.5. The molecule has 0 spiro atoms. The number of hydrogen-bond donors (Lipinski definition) is 1. The number of aromatic nitrogens is 2. The zero-order chi connectivity index (χ0) is 10.9. The van der Waals surface area contributed by atoms with Crippen LogP contribution in [0.2, 0.25) is 0 Å². The number of ether oxygens (including phenoxy) is 1. The van der Waals surface area contributed by atoms with Crippen molar-refractivity contribution in [3.05, 3.63) is 23.8 Å². The van der Waals surface area contributed by atoms with Crippen LogP contribution in [0.15, 0.2) is 12.3 Å². The third kappa shape index (κ3) is 1.70. The SMILES string of the molecule is COC(=O)c1nccc(C2(O)CCC2)n1. The van der Waals surface area contributed by atoms with Gasteiger partial charge in [0.05, 0.1) is 12.8 Å². The van der Waals surface area contributed by atoms with Gasteiger partial charge in [0, 0.05) is 6.20 Å². The lowest BCUT2D eigenvalue weighted by atomic mass is 9.78. The summed E-state index contributed by atoms with van der Waals surface area (Å²) < 4.78 is 4.51. The van der Waals surface area contributed by atoms with Crippen LogP contribution in [0.1, 0.15) is 35.6 Å². The smallest absolute Gasteiger partial charge is 0.376 e. The fourth-order valence-corrected chi connectivity index (χ4v) is 1.58. The molecule has 0 radical (unpaired) electrons. The summed E-state index contributed by atoms with van der Waals surface area (Å²) in [5.41, 5.74) is -0.365. The number of esters is 1. The first-order valence-electron chi connectivity index (χ1n) is 4.80. The summed E-state index contributed by atoms with van der Waals surface area (Å²) in [6, 6.07) is 1.63. The molecule has 0 atom stereocenters. The highest BCUT2D eigenvalue weighted by molar-refractivity contribution is 5.84. The minimum absolute atomic E-state index is 0.00433. The molecule has 0 unspecified atom stereocenters. The van der Waals surface area contributed by atoms with Crippen LogP contribution in [0.4, 0.5) is 0 Å². The summed E-state index contributed by atoms with van der Waals surface area (Å²) in [6.07, 6.45) is 3.81. The van der Waals surface area contributed by atoms with Crippen molar-refractivity contribution < 1.29 is 14.6 Å². The average molecular weight is 208 g/mol. The number of nitrogens with zero attached hydrogens (tertiary/aromatic N) is 2. The van der Waals surface area contributed by atoms with E-state index in [1.165, 1.54) is 13.3 Å². The fourth-order valence-electron chi connectivity index (χ4n) is 1.58. The molecule has 15 heavy (non-hydrogen) atoms. The third-order valence-corrected chi connectivity index (χ3v) is 2.68. The maximum atomic E-state index is 11.2. The average Bonchev–Trinajstić information content (AvgIpc) is 2.25. The van der Waals surface area contributed by atoms with Gasteiger partial charge in [-0.15, -0.1) is 0 Å². The van der Waals surface area contributed by atoms with Gasteiger partial charge in [0.15, 0.2) is 0 Å². The Hall–Kier alpha value is -1.49. The van der Waals surface area contributed by atoms with Gasteiger partial charge < -0.3 is 9.84 Å². The van der Waals surface area contributed by atoms with Crippen LogP contribution in [0.5, 0.6) is 0 Å². The Balaban J connectivity index is 2.30. The van der Waals surface area contributed by atoms with Crippen molar-refractivity contribution >= 4 is 5.97 Å². The molecule has 0 saturated heterocycles. The molecule has 1 saturated carbocycles. The molecule has 0 aromatic carbocycles. The van der Waals surface area contributed by atoms with Crippen molar-refractivity contribution in [1.29, 1.82) is 0 Å². The zero-order valence-electron chi connectivity index (χ0n) is 8.43. The van der Waals surface area contributed by atoms with Crippen molar-refractivity contribution in [2.24, 2.45) is 0 Å². The number of hydrogen-bond acceptors (Lipinski definition) is 5.